The van der Waals surface area contributed by atoms with Crippen molar-refractivity contribution in [1.29, 1.82) is 0 Å². The van der Waals surface area contributed by atoms with Crippen LogP contribution in [0.2, 0.25) is 0 Å². The van der Waals surface area contributed by atoms with E-state index in [4.69, 9.17) is 9.47 Å². The van der Waals surface area contributed by atoms with Gasteiger partial charge >= 0.3 is 0 Å². The van der Waals surface area contributed by atoms with Crippen LogP contribution in [-0.2, 0) is 6.54 Å². The molecule has 0 bridgehead atoms. The fourth-order valence-corrected chi connectivity index (χ4v) is 2.56. The Labute approximate surface area is 114 Å². The molecule has 2 aliphatic heterocycles. The summed E-state index contributed by atoms with van der Waals surface area (Å²) in [6.07, 6.45) is 1.10. The Bertz CT molecular complexity index is 490. The van der Waals surface area contributed by atoms with Gasteiger partial charge in [0.05, 0.1) is 4.47 Å². The van der Waals surface area contributed by atoms with E-state index in [-0.39, 0.29) is 0 Å². The number of ether oxygens (including phenoxy) is 2. The topological polar surface area (TPSA) is 54.9 Å². The highest BCUT2D eigenvalue weighted by atomic mass is 79.9. The molecule has 0 saturated carbocycles. The molecular formula is C12H14BrN3O2. The zero-order valence-corrected chi connectivity index (χ0v) is 11.4. The normalized spacial score (nSPS) is 17.1. The van der Waals surface area contributed by atoms with E-state index in [2.05, 4.69) is 31.6 Å². The molecule has 96 valence electrons. The van der Waals surface area contributed by atoms with Crippen LogP contribution in [0.3, 0.4) is 0 Å². The Hall–Kier alpha value is -1.43. The number of aliphatic imine (C=N–C) groups is 1. The van der Waals surface area contributed by atoms with Crippen LogP contribution in [0.1, 0.15) is 12.0 Å². The maximum absolute atomic E-state index is 5.39. The molecule has 2 heterocycles. The highest BCUT2D eigenvalue weighted by Crippen LogP contribution is 2.39. The van der Waals surface area contributed by atoms with Crippen LogP contribution in [0, 0.1) is 0 Å². The molecule has 0 radical (unpaired) electrons. The summed E-state index contributed by atoms with van der Waals surface area (Å²) in [5, 5.41) is 6.51. The van der Waals surface area contributed by atoms with Crippen molar-refractivity contribution in [2.45, 2.75) is 13.0 Å². The van der Waals surface area contributed by atoms with Crippen LogP contribution in [0.4, 0.5) is 0 Å². The fraction of sp³-hybridized carbons (Fsp3) is 0.417. The zero-order valence-electron chi connectivity index (χ0n) is 9.83. The number of hydrogen-bond acceptors (Lipinski definition) is 5. The lowest BCUT2D eigenvalue weighted by Crippen LogP contribution is -2.40. The minimum atomic E-state index is 0.291. The molecule has 0 spiro atoms. The van der Waals surface area contributed by atoms with Gasteiger partial charge < -0.3 is 20.1 Å². The first-order chi connectivity index (χ1) is 8.83. The zero-order chi connectivity index (χ0) is 12.4. The molecule has 0 aromatic heterocycles. The van der Waals surface area contributed by atoms with Crippen molar-refractivity contribution in [1.82, 2.24) is 10.6 Å². The molecule has 6 heteroatoms. The summed E-state index contributed by atoms with van der Waals surface area (Å²) in [4.78, 5) is 4.37. The third-order valence-electron chi connectivity index (χ3n) is 2.84. The van der Waals surface area contributed by atoms with Crippen molar-refractivity contribution in [3.05, 3.63) is 22.2 Å². The van der Waals surface area contributed by atoms with Crippen molar-refractivity contribution in [3.63, 3.8) is 0 Å². The second-order valence-electron chi connectivity index (χ2n) is 4.18. The van der Waals surface area contributed by atoms with Crippen LogP contribution in [0.15, 0.2) is 21.6 Å². The van der Waals surface area contributed by atoms with Crippen molar-refractivity contribution in [3.8, 4) is 11.5 Å². The highest BCUT2D eigenvalue weighted by Gasteiger charge is 2.18. The first-order valence-corrected chi connectivity index (χ1v) is 6.72. The van der Waals surface area contributed by atoms with E-state index in [0.717, 1.165) is 47.0 Å². The largest absolute Gasteiger partial charge is 0.454 e. The van der Waals surface area contributed by atoms with E-state index in [9.17, 15) is 0 Å². The minimum Gasteiger partial charge on any atom is -0.454 e. The van der Waals surface area contributed by atoms with Gasteiger partial charge in [0.25, 0.3) is 0 Å². The van der Waals surface area contributed by atoms with Crippen molar-refractivity contribution in [2.75, 3.05) is 19.9 Å². The van der Waals surface area contributed by atoms with Gasteiger partial charge in [-0.2, -0.15) is 0 Å². The quantitative estimate of drug-likeness (QED) is 0.871. The molecule has 2 N–H and O–H groups in total. The first kappa shape index (κ1) is 11.6. The van der Waals surface area contributed by atoms with E-state index >= 15 is 0 Å². The maximum atomic E-state index is 5.39. The lowest BCUT2D eigenvalue weighted by molar-refractivity contribution is 0.173. The third kappa shape index (κ3) is 2.38. The number of nitrogens with one attached hydrogen (secondary N) is 2. The Kier molecular flexibility index (Phi) is 3.27. The number of fused-ring (bicyclic) bond motifs is 1. The summed E-state index contributed by atoms with van der Waals surface area (Å²) < 4.78 is 11.7. The number of nitrogens with zero attached hydrogens (tertiary/aromatic N) is 1. The van der Waals surface area contributed by atoms with Gasteiger partial charge in [-0.05, 0) is 40.0 Å². The predicted octanol–water partition coefficient (Wildman–Crippen LogP) is 1.62. The molecule has 0 fully saturated rings. The van der Waals surface area contributed by atoms with Crippen molar-refractivity contribution in [2.24, 2.45) is 4.99 Å². The van der Waals surface area contributed by atoms with Gasteiger partial charge in [0, 0.05) is 19.6 Å². The van der Waals surface area contributed by atoms with Gasteiger partial charge in [-0.15, -0.1) is 0 Å². The van der Waals surface area contributed by atoms with Gasteiger partial charge in [0.2, 0.25) is 6.79 Å². The molecule has 0 unspecified atom stereocenters. The van der Waals surface area contributed by atoms with E-state index in [1.165, 1.54) is 0 Å². The molecule has 0 atom stereocenters. The molecule has 1 aromatic rings. The third-order valence-corrected chi connectivity index (χ3v) is 3.43. The van der Waals surface area contributed by atoms with Gasteiger partial charge in [-0.1, -0.05) is 0 Å². The summed E-state index contributed by atoms with van der Waals surface area (Å²) in [6, 6.07) is 4.02. The Morgan fingerprint density at radius 1 is 1.39 bits per heavy atom. The summed E-state index contributed by atoms with van der Waals surface area (Å²) >= 11 is 3.49. The summed E-state index contributed by atoms with van der Waals surface area (Å²) in [7, 11) is 0. The molecule has 0 aliphatic carbocycles. The molecule has 0 saturated heterocycles. The van der Waals surface area contributed by atoms with E-state index in [1.54, 1.807) is 0 Å². The Morgan fingerprint density at radius 2 is 2.33 bits per heavy atom. The van der Waals surface area contributed by atoms with Gasteiger partial charge in [-0.25, -0.2) is 0 Å². The lowest BCUT2D eigenvalue weighted by atomic mass is 10.2. The number of halogens is 1. The maximum Gasteiger partial charge on any atom is 0.231 e. The average molecular weight is 312 g/mol. The van der Waals surface area contributed by atoms with Crippen LogP contribution in [0.25, 0.3) is 0 Å². The average Bonchev–Trinajstić information content (AvgIpc) is 2.86. The van der Waals surface area contributed by atoms with Crippen LogP contribution in [0.5, 0.6) is 11.5 Å². The molecule has 1 aromatic carbocycles. The minimum absolute atomic E-state index is 0.291. The summed E-state index contributed by atoms with van der Waals surface area (Å²) in [5.41, 5.74) is 1.13. The van der Waals surface area contributed by atoms with Crippen molar-refractivity contribution >= 4 is 21.9 Å². The molecular weight excluding hydrogens is 298 g/mol. The van der Waals surface area contributed by atoms with Crippen LogP contribution >= 0.6 is 15.9 Å². The molecule has 0 amide bonds. The van der Waals surface area contributed by atoms with E-state index in [1.807, 2.05) is 12.1 Å². The second kappa shape index (κ2) is 5.06. The van der Waals surface area contributed by atoms with Crippen LogP contribution in [-0.4, -0.2) is 25.8 Å². The van der Waals surface area contributed by atoms with Crippen molar-refractivity contribution < 1.29 is 9.47 Å². The van der Waals surface area contributed by atoms with Gasteiger partial charge in [0.1, 0.15) is 0 Å². The standard InChI is InChI=1S/C12H14BrN3O2/c13-9-4-8(5-10-11(9)18-7-17-10)6-16-12-14-2-1-3-15-12/h4-5H,1-3,6-7H2,(H2,14,15,16). The Morgan fingerprint density at radius 3 is 3.17 bits per heavy atom. The smallest absolute Gasteiger partial charge is 0.231 e. The molecule has 5 nitrogen and oxygen atoms in total. The first-order valence-electron chi connectivity index (χ1n) is 5.93. The monoisotopic (exact) mass is 311 g/mol. The molecule has 2 aliphatic rings. The number of hydrogen-bond donors (Lipinski definition) is 2. The fourth-order valence-electron chi connectivity index (χ4n) is 1.96. The summed E-state index contributed by atoms with van der Waals surface area (Å²) in [6.45, 7) is 2.87. The van der Waals surface area contributed by atoms with E-state index in [0.29, 0.717) is 13.3 Å². The number of benzene rings is 1. The van der Waals surface area contributed by atoms with Gasteiger partial charge in [0.15, 0.2) is 17.5 Å². The molecule has 18 heavy (non-hydrogen) atoms. The number of guanidine groups is 1. The lowest BCUT2D eigenvalue weighted by Gasteiger charge is -2.16. The van der Waals surface area contributed by atoms with Gasteiger partial charge in [-0.3, -0.25) is 4.99 Å². The SMILES string of the molecule is Brc1cc(CNC2=NCCCN2)cc2c1OCO2. The Balaban J connectivity index is 1.69. The molecule has 3 rings (SSSR count). The highest BCUT2D eigenvalue weighted by molar-refractivity contribution is 9.10. The number of rotatable bonds is 2. The predicted molar refractivity (Wildman–Crippen MR) is 72.0 cm³/mol. The summed E-state index contributed by atoms with van der Waals surface area (Å²) in [5.74, 6) is 2.45. The van der Waals surface area contributed by atoms with E-state index < -0.39 is 0 Å². The van der Waals surface area contributed by atoms with Crippen LogP contribution < -0.4 is 20.1 Å². The second-order valence-corrected chi connectivity index (χ2v) is 5.03.